The van der Waals surface area contributed by atoms with Crippen molar-refractivity contribution in [1.29, 1.82) is 0 Å². The zero-order valence-electron chi connectivity index (χ0n) is 11.6. The molecule has 1 unspecified atom stereocenters. The predicted molar refractivity (Wildman–Crippen MR) is 75.3 cm³/mol. The molecule has 1 fully saturated rings. The third-order valence-electron chi connectivity index (χ3n) is 3.25. The first-order valence-electron chi connectivity index (χ1n) is 6.68. The molecule has 0 spiro atoms. The number of aromatic nitrogens is 3. The molecule has 8 heteroatoms. The van der Waals surface area contributed by atoms with Gasteiger partial charge in [0.25, 0.3) is 0 Å². The van der Waals surface area contributed by atoms with E-state index in [1.807, 2.05) is 0 Å². The Bertz CT molecular complexity index is 484. The van der Waals surface area contributed by atoms with Gasteiger partial charge in [0.1, 0.15) is 6.33 Å². The summed E-state index contributed by atoms with van der Waals surface area (Å²) in [5, 5.41) is 13.1. The van der Waals surface area contributed by atoms with Gasteiger partial charge in [-0.1, -0.05) is 24.6 Å². The van der Waals surface area contributed by atoms with Gasteiger partial charge in [0, 0.05) is 13.1 Å². The van der Waals surface area contributed by atoms with E-state index in [-0.39, 0.29) is 11.9 Å². The molecule has 1 aromatic rings. The molecule has 0 bridgehead atoms. The molecule has 2 rings (SSSR count). The number of carbonyl (C=O) groups excluding carboxylic acids is 2. The third kappa shape index (κ3) is 3.96. The molecule has 1 aliphatic rings. The van der Waals surface area contributed by atoms with Crippen molar-refractivity contribution in [2.75, 3.05) is 0 Å². The minimum atomic E-state index is -0.410. The smallest absolute Gasteiger partial charge is 0.321 e. The lowest BCUT2D eigenvalue weighted by Crippen LogP contribution is -2.45. The van der Waals surface area contributed by atoms with Crippen molar-refractivity contribution in [3.8, 4) is 0 Å². The number of amides is 3. The molecule has 0 saturated heterocycles. The van der Waals surface area contributed by atoms with Gasteiger partial charge >= 0.3 is 6.03 Å². The molecule has 1 heterocycles. The highest BCUT2D eigenvalue weighted by Gasteiger charge is 2.22. The zero-order valence-corrected chi connectivity index (χ0v) is 12.4. The number of nitrogens with zero attached hydrogens (tertiary/aromatic N) is 3. The molecule has 1 saturated carbocycles. The second-order valence-corrected chi connectivity index (χ2v) is 6.24. The van der Waals surface area contributed by atoms with E-state index in [0.29, 0.717) is 5.16 Å². The van der Waals surface area contributed by atoms with Crippen LogP contribution in [0.2, 0.25) is 0 Å². The second-order valence-electron chi connectivity index (χ2n) is 4.93. The first-order chi connectivity index (χ1) is 9.56. The average molecular weight is 297 g/mol. The number of imide groups is 1. The van der Waals surface area contributed by atoms with Crippen molar-refractivity contribution in [2.45, 2.75) is 49.1 Å². The normalized spacial score (nSPS) is 16.9. The van der Waals surface area contributed by atoms with Crippen LogP contribution in [0.15, 0.2) is 11.5 Å². The monoisotopic (exact) mass is 297 g/mol. The fraction of sp³-hybridized carbons (Fsp3) is 0.667. The Morgan fingerprint density at radius 2 is 2.15 bits per heavy atom. The van der Waals surface area contributed by atoms with Crippen LogP contribution in [0.4, 0.5) is 4.79 Å². The van der Waals surface area contributed by atoms with Gasteiger partial charge in [-0.3, -0.25) is 10.1 Å². The summed E-state index contributed by atoms with van der Waals surface area (Å²) in [6.07, 6.45) is 5.82. The number of hydrogen-bond donors (Lipinski definition) is 2. The summed E-state index contributed by atoms with van der Waals surface area (Å²) in [6.45, 7) is 1.73. The number of rotatable bonds is 4. The van der Waals surface area contributed by atoms with E-state index in [2.05, 4.69) is 20.8 Å². The molecule has 0 aliphatic heterocycles. The molecule has 2 N–H and O–H groups in total. The molecule has 1 aliphatic carbocycles. The number of urea groups is 1. The highest BCUT2D eigenvalue weighted by molar-refractivity contribution is 8.00. The first-order valence-corrected chi connectivity index (χ1v) is 7.56. The van der Waals surface area contributed by atoms with Crippen LogP contribution < -0.4 is 10.6 Å². The van der Waals surface area contributed by atoms with E-state index >= 15 is 0 Å². The summed E-state index contributed by atoms with van der Waals surface area (Å²) < 4.78 is 1.73. The maximum atomic E-state index is 11.9. The van der Waals surface area contributed by atoms with Crippen molar-refractivity contribution in [3.05, 3.63) is 6.33 Å². The van der Waals surface area contributed by atoms with Crippen molar-refractivity contribution < 1.29 is 9.59 Å². The maximum absolute atomic E-state index is 11.9. The minimum Gasteiger partial charge on any atom is -0.335 e. The molecule has 110 valence electrons. The first kappa shape index (κ1) is 14.8. The van der Waals surface area contributed by atoms with Crippen molar-refractivity contribution in [1.82, 2.24) is 25.4 Å². The summed E-state index contributed by atoms with van der Waals surface area (Å²) in [7, 11) is 1.81. The van der Waals surface area contributed by atoms with E-state index < -0.39 is 11.3 Å². The Labute approximate surface area is 121 Å². The third-order valence-corrected chi connectivity index (χ3v) is 4.40. The molecule has 1 atom stereocenters. The Hall–Kier alpha value is -1.57. The largest absolute Gasteiger partial charge is 0.335 e. The quantitative estimate of drug-likeness (QED) is 0.811. The number of aryl methyl sites for hydroxylation is 1. The van der Waals surface area contributed by atoms with E-state index in [1.54, 1.807) is 24.9 Å². The van der Waals surface area contributed by atoms with Crippen LogP contribution in [0.5, 0.6) is 0 Å². The van der Waals surface area contributed by atoms with E-state index in [9.17, 15) is 9.59 Å². The van der Waals surface area contributed by atoms with Crippen LogP contribution in [0.3, 0.4) is 0 Å². The SMILES string of the molecule is CC(Sc1nncn1C)C(=O)NC(=O)NC1CCCC1. The summed E-state index contributed by atoms with van der Waals surface area (Å²) in [4.78, 5) is 23.6. The van der Waals surface area contributed by atoms with Gasteiger partial charge in [0.05, 0.1) is 5.25 Å². The number of hydrogen-bond acceptors (Lipinski definition) is 5. The second kappa shape index (κ2) is 6.74. The van der Waals surface area contributed by atoms with Crippen LogP contribution in [-0.4, -0.2) is 38.0 Å². The highest BCUT2D eigenvalue weighted by atomic mass is 32.2. The molecular formula is C12H19N5O2S. The fourth-order valence-electron chi connectivity index (χ4n) is 2.10. The lowest BCUT2D eigenvalue weighted by molar-refractivity contribution is -0.119. The van der Waals surface area contributed by atoms with Crippen molar-refractivity contribution >= 4 is 23.7 Å². The number of nitrogens with one attached hydrogen (secondary N) is 2. The van der Waals surface area contributed by atoms with Gasteiger partial charge < -0.3 is 9.88 Å². The van der Waals surface area contributed by atoms with Crippen LogP contribution in [0.25, 0.3) is 0 Å². The summed E-state index contributed by atoms with van der Waals surface area (Å²) in [6, 6.07) is -0.211. The van der Waals surface area contributed by atoms with E-state index in [0.717, 1.165) is 25.7 Å². The van der Waals surface area contributed by atoms with Gasteiger partial charge in [-0.2, -0.15) is 0 Å². The standard InChI is InChI=1S/C12H19N5O2S/c1-8(20-12-16-13-7-17(12)2)10(18)15-11(19)14-9-5-3-4-6-9/h7-9H,3-6H2,1-2H3,(H2,14,15,18,19). The van der Waals surface area contributed by atoms with Crippen LogP contribution in [0.1, 0.15) is 32.6 Å². The summed E-state index contributed by atoms with van der Waals surface area (Å²) >= 11 is 1.27. The maximum Gasteiger partial charge on any atom is 0.321 e. The Morgan fingerprint density at radius 3 is 2.75 bits per heavy atom. The fourth-order valence-corrected chi connectivity index (χ4v) is 2.89. The van der Waals surface area contributed by atoms with Crippen molar-refractivity contribution in [3.63, 3.8) is 0 Å². The van der Waals surface area contributed by atoms with Gasteiger partial charge in [0.15, 0.2) is 5.16 Å². The molecule has 3 amide bonds. The molecule has 7 nitrogen and oxygen atoms in total. The number of carbonyl (C=O) groups is 2. The zero-order chi connectivity index (χ0) is 14.5. The van der Waals surface area contributed by atoms with Crippen LogP contribution in [-0.2, 0) is 11.8 Å². The Kier molecular flexibility index (Phi) is 4.99. The topological polar surface area (TPSA) is 88.9 Å². The van der Waals surface area contributed by atoms with Crippen LogP contribution in [0, 0.1) is 0 Å². The summed E-state index contributed by atoms with van der Waals surface area (Å²) in [5.74, 6) is -0.325. The highest BCUT2D eigenvalue weighted by Crippen LogP contribution is 2.20. The molecule has 0 radical (unpaired) electrons. The summed E-state index contributed by atoms with van der Waals surface area (Å²) in [5.41, 5.74) is 0. The number of thioether (sulfide) groups is 1. The lowest BCUT2D eigenvalue weighted by Gasteiger charge is -2.14. The Morgan fingerprint density at radius 1 is 1.45 bits per heavy atom. The molecule has 1 aromatic heterocycles. The predicted octanol–water partition coefficient (Wildman–Crippen LogP) is 1.06. The molecular weight excluding hydrogens is 278 g/mol. The van der Waals surface area contributed by atoms with E-state index in [4.69, 9.17) is 0 Å². The average Bonchev–Trinajstić information content (AvgIpc) is 3.02. The van der Waals surface area contributed by atoms with E-state index in [1.165, 1.54) is 11.8 Å². The minimum absolute atomic E-state index is 0.199. The van der Waals surface area contributed by atoms with Gasteiger partial charge in [-0.05, 0) is 19.8 Å². The van der Waals surface area contributed by atoms with Gasteiger partial charge in [-0.15, -0.1) is 10.2 Å². The Balaban J connectivity index is 1.78. The van der Waals surface area contributed by atoms with Gasteiger partial charge in [-0.25, -0.2) is 4.79 Å². The van der Waals surface area contributed by atoms with Crippen molar-refractivity contribution in [2.24, 2.45) is 7.05 Å². The van der Waals surface area contributed by atoms with Crippen LogP contribution >= 0.6 is 11.8 Å². The molecule has 20 heavy (non-hydrogen) atoms. The van der Waals surface area contributed by atoms with Gasteiger partial charge in [0.2, 0.25) is 5.91 Å². The lowest BCUT2D eigenvalue weighted by atomic mass is 10.2. The molecule has 0 aromatic carbocycles.